The molecule has 0 aliphatic carbocycles. The number of ether oxygens (including phenoxy) is 1. The van der Waals surface area contributed by atoms with Crippen molar-refractivity contribution in [1.29, 1.82) is 0 Å². The highest BCUT2D eigenvalue weighted by molar-refractivity contribution is 5.80. The number of hydrogen-bond acceptors (Lipinski definition) is 4. The first-order chi connectivity index (χ1) is 26.0. The highest BCUT2D eigenvalue weighted by atomic mass is 16.5. The Labute approximate surface area is 329 Å². The van der Waals surface area contributed by atoms with Gasteiger partial charge in [-0.2, -0.15) is 0 Å². The standard InChI is InChI=1S/C47H89NO5/c1-3-5-7-9-11-13-15-16-17-18-19-20-21-22-23-24-25-27-29-34-38-42-47(52)53-44(39-35-31-28-26-14-12-10-8-6-4-2)40-36-32-30-33-37-41-45(49)48-43-46(50)51/h18-19,44H,3-17,20-43H2,1-2H3,(H,48,49)(H,50,51)/b19-18-. The Morgan fingerprint density at radius 3 is 1.21 bits per heavy atom. The second kappa shape index (κ2) is 42.9. The lowest BCUT2D eigenvalue weighted by molar-refractivity contribution is -0.150. The van der Waals surface area contributed by atoms with Crippen molar-refractivity contribution in [2.24, 2.45) is 0 Å². The molecule has 0 radical (unpaired) electrons. The smallest absolute Gasteiger partial charge is 0.322 e. The molecule has 0 aromatic carbocycles. The zero-order valence-corrected chi connectivity index (χ0v) is 35.4. The van der Waals surface area contributed by atoms with Crippen molar-refractivity contribution in [3.05, 3.63) is 12.2 Å². The molecule has 0 fully saturated rings. The second-order valence-electron chi connectivity index (χ2n) is 16.0. The van der Waals surface area contributed by atoms with Crippen LogP contribution in [0.1, 0.15) is 258 Å². The number of allylic oxidation sites excluding steroid dienone is 2. The summed E-state index contributed by atoms with van der Waals surface area (Å²) in [5, 5.41) is 11.1. The number of carboxylic acids is 1. The SMILES string of the molecule is CCCCCCCCCC/C=C\CCCCCCCCCCCC(=O)OC(CCCCCCCCCCCC)CCCCCCCC(=O)NCC(=O)O. The van der Waals surface area contributed by atoms with Crippen molar-refractivity contribution in [3.8, 4) is 0 Å². The molecule has 312 valence electrons. The Morgan fingerprint density at radius 2 is 0.811 bits per heavy atom. The molecular weight excluding hydrogens is 659 g/mol. The van der Waals surface area contributed by atoms with Gasteiger partial charge in [0.05, 0.1) is 0 Å². The summed E-state index contributed by atoms with van der Waals surface area (Å²) in [4.78, 5) is 35.0. The van der Waals surface area contributed by atoms with E-state index in [0.29, 0.717) is 12.8 Å². The van der Waals surface area contributed by atoms with Crippen molar-refractivity contribution in [2.75, 3.05) is 6.54 Å². The maximum absolute atomic E-state index is 12.8. The van der Waals surface area contributed by atoms with Crippen molar-refractivity contribution < 1.29 is 24.2 Å². The highest BCUT2D eigenvalue weighted by Crippen LogP contribution is 2.19. The fourth-order valence-electron chi connectivity index (χ4n) is 7.22. The summed E-state index contributed by atoms with van der Waals surface area (Å²) in [6.07, 6.45) is 50.6. The largest absolute Gasteiger partial charge is 0.480 e. The van der Waals surface area contributed by atoms with E-state index in [1.54, 1.807) is 0 Å². The highest BCUT2D eigenvalue weighted by Gasteiger charge is 2.14. The fourth-order valence-corrected chi connectivity index (χ4v) is 7.22. The number of hydrogen-bond donors (Lipinski definition) is 2. The van der Waals surface area contributed by atoms with Crippen LogP contribution in [0, 0.1) is 0 Å². The van der Waals surface area contributed by atoms with Crippen LogP contribution in [0.5, 0.6) is 0 Å². The first-order valence-electron chi connectivity index (χ1n) is 23.3. The Bertz CT molecular complexity index is 828. The summed E-state index contributed by atoms with van der Waals surface area (Å²) in [6.45, 7) is 4.24. The summed E-state index contributed by atoms with van der Waals surface area (Å²) >= 11 is 0. The molecule has 0 aromatic rings. The van der Waals surface area contributed by atoms with E-state index in [0.717, 1.165) is 64.2 Å². The molecular formula is C47H89NO5. The lowest BCUT2D eigenvalue weighted by atomic mass is 10.0. The van der Waals surface area contributed by atoms with Crippen LogP contribution in [-0.2, 0) is 19.1 Å². The van der Waals surface area contributed by atoms with Gasteiger partial charge in [0.2, 0.25) is 5.91 Å². The van der Waals surface area contributed by atoms with E-state index in [2.05, 4.69) is 31.3 Å². The number of amides is 1. The minimum Gasteiger partial charge on any atom is -0.480 e. The number of carboxylic acid groups (broad SMARTS) is 1. The van der Waals surface area contributed by atoms with Crippen molar-refractivity contribution in [2.45, 2.75) is 264 Å². The molecule has 0 saturated heterocycles. The van der Waals surface area contributed by atoms with Gasteiger partial charge in [-0.15, -0.1) is 0 Å². The molecule has 53 heavy (non-hydrogen) atoms. The summed E-state index contributed by atoms with van der Waals surface area (Å²) in [5.74, 6) is -1.22. The number of esters is 1. The van der Waals surface area contributed by atoms with Gasteiger partial charge in [-0.3, -0.25) is 14.4 Å². The van der Waals surface area contributed by atoms with Crippen molar-refractivity contribution in [1.82, 2.24) is 5.32 Å². The van der Waals surface area contributed by atoms with Crippen molar-refractivity contribution in [3.63, 3.8) is 0 Å². The predicted octanol–water partition coefficient (Wildman–Crippen LogP) is 14.5. The minimum absolute atomic E-state index is 0.0127. The molecule has 0 bridgehead atoms. The summed E-state index contributed by atoms with van der Waals surface area (Å²) in [5.41, 5.74) is 0. The number of nitrogens with one attached hydrogen (secondary N) is 1. The van der Waals surface area contributed by atoms with E-state index in [9.17, 15) is 14.4 Å². The molecule has 0 saturated carbocycles. The van der Waals surface area contributed by atoms with Gasteiger partial charge in [0.1, 0.15) is 12.6 Å². The monoisotopic (exact) mass is 748 g/mol. The molecule has 2 N–H and O–H groups in total. The lowest BCUT2D eigenvalue weighted by Gasteiger charge is -2.18. The third-order valence-electron chi connectivity index (χ3n) is 10.7. The Morgan fingerprint density at radius 1 is 0.472 bits per heavy atom. The van der Waals surface area contributed by atoms with Gasteiger partial charge in [-0.1, -0.05) is 193 Å². The molecule has 6 heteroatoms. The Kier molecular flexibility index (Phi) is 41.4. The normalized spacial score (nSPS) is 12.0. The zero-order valence-electron chi connectivity index (χ0n) is 35.4. The molecule has 0 aliphatic rings. The number of aliphatic carboxylic acids is 1. The summed E-state index contributed by atoms with van der Waals surface area (Å²) in [6, 6.07) is 0. The van der Waals surface area contributed by atoms with Gasteiger partial charge in [0.15, 0.2) is 0 Å². The van der Waals surface area contributed by atoms with Crippen LogP contribution < -0.4 is 5.32 Å². The zero-order chi connectivity index (χ0) is 38.7. The molecule has 0 spiro atoms. The predicted molar refractivity (Wildman–Crippen MR) is 226 cm³/mol. The Balaban J connectivity index is 4.00. The van der Waals surface area contributed by atoms with Crippen LogP contribution in [0.15, 0.2) is 12.2 Å². The molecule has 1 unspecified atom stereocenters. The first kappa shape index (κ1) is 51.1. The third kappa shape index (κ3) is 42.8. The van der Waals surface area contributed by atoms with Crippen LogP contribution in [-0.4, -0.2) is 35.6 Å². The van der Waals surface area contributed by atoms with E-state index in [1.165, 1.54) is 167 Å². The van der Waals surface area contributed by atoms with E-state index >= 15 is 0 Å². The Hall–Kier alpha value is -1.85. The van der Waals surface area contributed by atoms with Crippen molar-refractivity contribution >= 4 is 17.8 Å². The topological polar surface area (TPSA) is 92.7 Å². The molecule has 1 amide bonds. The first-order valence-corrected chi connectivity index (χ1v) is 23.3. The van der Waals surface area contributed by atoms with E-state index in [-0.39, 0.29) is 24.5 Å². The van der Waals surface area contributed by atoms with Gasteiger partial charge in [0, 0.05) is 12.8 Å². The number of carbonyl (C=O) groups excluding carboxylic acids is 2. The number of unbranched alkanes of at least 4 members (excludes halogenated alkanes) is 30. The minimum atomic E-state index is -1.01. The maximum atomic E-state index is 12.8. The average Bonchev–Trinajstić information content (AvgIpc) is 3.14. The van der Waals surface area contributed by atoms with Crippen LogP contribution in [0.25, 0.3) is 0 Å². The lowest BCUT2D eigenvalue weighted by Crippen LogP contribution is -2.28. The quantitative estimate of drug-likeness (QED) is 0.0368. The molecule has 0 rings (SSSR count). The fraction of sp³-hybridized carbons (Fsp3) is 0.894. The van der Waals surface area contributed by atoms with Gasteiger partial charge < -0.3 is 15.2 Å². The van der Waals surface area contributed by atoms with E-state index in [1.807, 2.05) is 0 Å². The van der Waals surface area contributed by atoms with Gasteiger partial charge in [-0.05, 0) is 64.2 Å². The van der Waals surface area contributed by atoms with Gasteiger partial charge >= 0.3 is 11.9 Å². The van der Waals surface area contributed by atoms with Crippen LogP contribution in [0.4, 0.5) is 0 Å². The van der Waals surface area contributed by atoms with E-state index in [4.69, 9.17) is 9.84 Å². The molecule has 0 aromatic heterocycles. The molecule has 6 nitrogen and oxygen atoms in total. The summed E-state index contributed by atoms with van der Waals surface area (Å²) in [7, 11) is 0. The second-order valence-corrected chi connectivity index (χ2v) is 16.0. The number of rotatable bonds is 43. The third-order valence-corrected chi connectivity index (χ3v) is 10.7. The number of carbonyl (C=O) groups is 3. The average molecular weight is 748 g/mol. The van der Waals surface area contributed by atoms with Gasteiger partial charge in [0.25, 0.3) is 0 Å². The van der Waals surface area contributed by atoms with E-state index < -0.39 is 5.97 Å². The van der Waals surface area contributed by atoms with Crippen LogP contribution in [0.3, 0.4) is 0 Å². The van der Waals surface area contributed by atoms with Crippen LogP contribution in [0.2, 0.25) is 0 Å². The summed E-state index contributed by atoms with van der Waals surface area (Å²) < 4.78 is 6.04. The molecule has 0 heterocycles. The molecule has 0 aliphatic heterocycles. The van der Waals surface area contributed by atoms with Crippen LogP contribution >= 0.6 is 0 Å². The maximum Gasteiger partial charge on any atom is 0.322 e. The van der Waals surface area contributed by atoms with Gasteiger partial charge in [-0.25, -0.2) is 0 Å². The molecule has 1 atom stereocenters.